The zero-order chi connectivity index (χ0) is 17.2. The molecule has 0 amide bonds. The summed E-state index contributed by atoms with van der Waals surface area (Å²) in [5.74, 6) is 1.20. The normalized spacial score (nSPS) is 21.2. The highest BCUT2D eigenvalue weighted by molar-refractivity contribution is 5.50. The minimum absolute atomic E-state index is 0.0611. The molecule has 6 heteroatoms. The van der Waals surface area contributed by atoms with E-state index in [0.29, 0.717) is 18.9 Å². The minimum atomic E-state index is -0.377. The summed E-state index contributed by atoms with van der Waals surface area (Å²) < 4.78 is 14.5. The van der Waals surface area contributed by atoms with Crippen molar-refractivity contribution in [3.05, 3.63) is 55.4 Å². The Morgan fingerprint density at radius 3 is 2.38 bits per heavy atom. The molecule has 0 saturated carbocycles. The van der Waals surface area contributed by atoms with Crippen molar-refractivity contribution in [1.82, 2.24) is 9.13 Å². The fraction of sp³-hybridized carbons (Fsp3) is 0.444. The molecule has 6 nitrogen and oxygen atoms in total. The van der Waals surface area contributed by atoms with Crippen LogP contribution in [-0.4, -0.2) is 22.3 Å². The summed E-state index contributed by atoms with van der Waals surface area (Å²) in [4.78, 5) is 24.7. The Balaban J connectivity index is 1.94. The first-order valence-corrected chi connectivity index (χ1v) is 8.06. The zero-order valence-corrected chi connectivity index (χ0v) is 14.3. The molecule has 4 rings (SSSR count). The SMILES string of the molecule is Cc1cc(C)c2c(c1)[C@H]1COc3c(n(C)c(=O)n(C)c3=O)[C@H]1CO2. The summed E-state index contributed by atoms with van der Waals surface area (Å²) in [6, 6.07) is 4.22. The molecular weight excluding hydrogens is 308 g/mol. The molecule has 0 spiro atoms. The molecule has 0 unspecified atom stereocenters. The van der Waals surface area contributed by atoms with Crippen molar-refractivity contribution in [3.63, 3.8) is 0 Å². The Morgan fingerprint density at radius 2 is 1.62 bits per heavy atom. The van der Waals surface area contributed by atoms with Gasteiger partial charge < -0.3 is 9.47 Å². The van der Waals surface area contributed by atoms with Crippen molar-refractivity contribution in [1.29, 1.82) is 0 Å². The van der Waals surface area contributed by atoms with Crippen LogP contribution in [0.3, 0.4) is 0 Å². The molecule has 0 aliphatic carbocycles. The third-order valence-corrected chi connectivity index (χ3v) is 5.17. The zero-order valence-electron chi connectivity index (χ0n) is 14.3. The number of rotatable bonds is 0. The van der Waals surface area contributed by atoms with Gasteiger partial charge in [0.05, 0.1) is 18.9 Å². The van der Waals surface area contributed by atoms with Crippen molar-refractivity contribution in [2.24, 2.45) is 14.1 Å². The summed E-state index contributed by atoms with van der Waals surface area (Å²) in [5.41, 5.74) is 3.30. The van der Waals surface area contributed by atoms with E-state index in [0.717, 1.165) is 21.4 Å². The maximum Gasteiger partial charge on any atom is 0.330 e. The van der Waals surface area contributed by atoms with Crippen LogP contribution in [0, 0.1) is 13.8 Å². The first-order valence-electron chi connectivity index (χ1n) is 8.06. The van der Waals surface area contributed by atoms with E-state index < -0.39 is 0 Å². The Morgan fingerprint density at radius 1 is 0.958 bits per heavy atom. The first-order chi connectivity index (χ1) is 11.4. The number of hydrogen-bond acceptors (Lipinski definition) is 4. The third kappa shape index (κ3) is 1.89. The Kier molecular flexibility index (Phi) is 3.13. The molecule has 0 saturated heterocycles. The van der Waals surface area contributed by atoms with Crippen LogP contribution in [0.2, 0.25) is 0 Å². The smallest absolute Gasteiger partial charge is 0.330 e. The number of nitrogens with zero attached hydrogens (tertiary/aromatic N) is 2. The molecule has 0 bridgehead atoms. The Labute approximate surface area is 139 Å². The quantitative estimate of drug-likeness (QED) is 0.732. The number of benzene rings is 1. The van der Waals surface area contributed by atoms with E-state index in [4.69, 9.17) is 9.47 Å². The maximum atomic E-state index is 12.4. The molecule has 0 N–H and O–H groups in total. The van der Waals surface area contributed by atoms with Gasteiger partial charge in [-0.15, -0.1) is 0 Å². The van der Waals surface area contributed by atoms with Crippen LogP contribution in [-0.2, 0) is 14.1 Å². The summed E-state index contributed by atoms with van der Waals surface area (Å²) >= 11 is 0. The van der Waals surface area contributed by atoms with Crippen molar-refractivity contribution in [2.45, 2.75) is 25.7 Å². The molecule has 0 radical (unpaired) electrons. The Bertz CT molecular complexity index is 970. The first kappa shape index (κ1) is 15.1. The molecule has 24 heavy (non-hydrogen) atoms. The minimum Gasteiger partial charge on any atom is -0.492 e. The second kappa shape index (κ2) is 5.00. The average molecular weight is 328 g/mol. The lowest BCUT2D eigenvalue weighted by atomic mass is 9.79. The van der Waals surface area contributed by atoms with Gasteiger partial charge >= 0.3 is 5.69 Å². The average Bonchev–Trinajstić information content (AvgIpc) is 2.56. The van der Waals surface area contributed by atoms with E-state index in [-0.39, 0.29) is 28.8 Å². The van der Waals surface area contributed by atoms with E-state index in [1.165, 1.54) is 17.2 Å². The molecule has 2 aliphatic rings. The van der Waals surface area contributed by atoms with Crippen LogP contribution in [0.25, 0.3) is 0 Å². The number of aromatic nitrogens is 2. The standard InChI is InChI=1S/C18H20N2O4/c1-9-5-10(2)15-11(6-9)12-7-24-16-14(13(12)8-23-15)19(3)18(22)20(4)17(16)21/h5-6,12-13H,7-8H2,1-4H3/t12-,13+/m1/s1. The fourth-order valence-electron chi connectivity index (χ4n) is 4.00. The van der Waals surface area contributed by atoms with Crippen LogP contribution in [0.15, 0.2) is 21.7 Å². The number of fused-ring (bicyclic) bond motifs is 5. The second-order valence-corrected chi connectivity index (χ2v) is 6.76. The Hall–Kier alpha value is -2.50. The summed E-state index contributed by atoms with van der Waals surface area (Å²) in [5, 5.41) is 0. The molecular formula is C18H20N2O4. The third-order valence-electron chi connectivity index (χ3n) is 5.17. The highest BCUT2D eigenvalue weighted by atomic mass is 16.5. The molecule has 2 atom stereocenters. The summed E-state index contributed by atoms with van der Waals surface area (Å²) in [6.45, 7) is 4.96. The van der Waals surface area contributed by atoms with Crippen molar-refractivity contribution >= 4 is 0 Å². The fourth-order valence-corrected chi connectivity index (χ4v) is 4.00. The van der Waals surface area contributed by atoms with Gasteiger partial charge in [-0.2, -0.15) is 0 Å². The van der Waals surface area contributed by atoms with Crippen LogP contribution < -0.4 is 20.7 Å². The predicted octanol–water partition coefficient (Wildman–Crippen LogP) is 1.35. The molecule has 0 fully saturated rings. The maximum absolute atomic E-state index is 12.4. The van der Waals surface area contributed by atoms with Crippen molar-refractivity contribution < 1.29 is 9.47 Å². The molecule has 3 heterocycles. The number of aryl methyl sites for hydroxylation is 2. The highest BCUT2D eigenvalue weighted by Crippen LogP contribution is 2.47. The lowest BCUT2D eigenvalue weighted by Gasteiger charge is -2.39. The van der Waals surface area contributed by atoms with Gasteiger partial charge in [0.25, 0.3) is 5.56 Å². The van der Waals surface area contributed by atoms with E-state index in [2.05, 4.69) is 19.1 Å². The van der Waals surface area contributed by atoms with Crippen LogP contribution in [0.5, 0.6) is 11.5 Å². The van der Waals surface area contributed by atoms with Gasteiger partial charge in [-0.1, -0.05) is 17.7 Å². The molecule has 2 aromatic rings. The van der Waals surface area contributed by atoms with Gasteiger partial charge in [0, 0.05) is 31.5 Å². The molecule has 126 valence electrons. The van der Waals surface area contributed by atoms with E-state index in [1.807, 2.05) is 6.92 Å². The monoisotopic (exact) mass is 328 g/mol. The van der Waals surface area contributed by atoms with Gasteiger partial charge in [-0.25, -0.2) is 4.79 Å². The van der Waals surface area contributed by atoms with Gasteiger partial charge in [-0.3, -0.25) is 13.9 Å². The lowest BCUT2D eigenvalue weighted by Crippen LogP contribution is -2.45. The largest absolute Gasteiger partial charge is 0.492 e. The van der Waals surface area contributed by atoms with E-state index in [9.17, 15) is 9.59 Å². The summed E-state index contributed by atoms with van der Waals surface area (Å²) in [7, 11) is 3.16. The highest BCUT2D eigenvalue weighted by Gasteiger charge is 2.41. The lowest BCUT2D eigenvalue weighted by molar-refractivity contribution is 0.157. The van der Waals surface area contributed by atoms with E-state index in [1.54, 1.807) is 7.05 Å². The molecule has 2 aliphatic heterocycles. The van der Waals surface area contributed by atoms with Crippen LogP contribution in [0.4, 0.5) is 0 Å². The van der Waals surface area contributed by atoms with Gasteiger partial charge in [0.15, 0.2) is 0 Å². The second-order valence-electron chi connectivity index (χ2n) is 6.76. The van der Waals surface area contributed by atoms with E-state index >= 15 is 0 Å². The van der Waals surface area contributed by atoms with Gasteiger partial charge in [-0.05, 0) is 19.4 Å². The number of hydrogen-bond donors (Lipinski definition) is 0. The van der Waals surface area contributed by atoms with Gasteiger partial charge in [0.2, 0.25) is 5.75 Å². The number of ether oxygens (including phenoxy) is 2. The molecule has 1 aromatic carbocycles. The van der Waals surface area contributed by atoms with Crippen LogP contribution in [0.1, 0.15) is 34.2 Å². The van der Waals surface area contributed by atoms with Crippen LogP contribution >= 0.6 is 0 Å². The summed E-state index contributed by atoms with van der Waals surface area (Å²) in [6.07, 6.45) is 0. The molecule has 1 aromatic heterocycles. The van der Waals surface area contributed by atoms with Crippen molar-refractivity contribution in [3.8, 4) is 11.5 Å². The predicted molar refractivity (Wildman–Crippen MR) is 89.3 cm³/mol. The van der Waals surface area contributed by atoms with Crippen molar-refractivity contribution in [2.75, 3.05) is 13.2 Å². The van der Waals surface area contributed by atoms with Gasteiger partial charge in [0.1, 0.15) is 5.75 Å². The topological polar surface area (TPSA) is 62.5 Å².